The van der Waals surface area contributed by atoms with E-state index in [9.17, 15) is 5.26 Å². The van der Waals surface area contributed by atoms with Crippen molar-refractivity contribution in [3.8, 4) is 11.8 Å². The van der Waals surface area contributed by atoms with Crippen LogP contribution in [0.1, 0.15) is 11.3 Å². The molecule has 0 aliphatic rings. The first kappa shape index (κ1) is 16.3. The Morgan fingerprint density at radius 3 is 2.72 bits per heavy atom. The molecule has 3 N–H and O–H groups in total. The van der Waals surface area contributed by atoms with Crippen LogP contribution < -0.4 is 15.4 Å². The summed E-state index contributed by atoms with van der Waals surface area (Å²) in [6.07, 6.45) is 0. The van der Waals surface area contributed by atoms with E-state index in [-0.39, 0.29) is 0 Å². The predicted molar refractivity (Wildman–Crippen MR) is 96.0 cm³/mol. The predicted octanol–water partition coefficient (Wildman–Crippen LogP) is 3.22. The Balaban J connectivity index is 1.61. The van der Waals surface area contributed by atoms with Gasteiger partial charge in [-0.1, -0.05) is 18.2 Å². The van der Waals surface area contributed by atoms with E-state index < -0.39 is 0 Å². The molecule has 0 unspecified atom stereocenters. The fraction of sp³-hybridized carbons (Fsp3) is 0.167. The molecule has 0 saturated heterocycles. The van der Waals surface area contributed by atoms with Crippen molar-refractivity contribution in [1.29, 1.82) is 5.26 Å². The van der Waals surface area contributed by atoms with Crippen molar-refractivity contribution < 1.29 is 4.74 Å². The van der Waals surface area contributed by atoms with Crippen LogP contribution in [0.3, 0.4) is 0 Å². The van der Waals surface area contributed by atoms with Crippen molar-refractivity contribution in [3.63, 3.8) is 0 Å². The maximum atomic E-state index is 9.24. The van der Waals surface area contributed by atoms with Crippen LogP contribution in [-0.4, -0.2) is 28.3 Å². The molecule has 126 valence electrons. The number of pyridine rings is 1. The molecule has 0 atom stereocenters. The number of benzene rings is 1. The molecule has 0 fully saturated rings. The van der Waals surface area contributed by atoms with Crippen molar-refractivity contribution in [1.82, 2.24) is 15.2 Å². The van der Waals surface area contributed by atoms with Crippen LogP contribution in [0.15, 0.2) is 48.5 Å². The van der Waals surface area contributed by atoms with E-state index in [0.29, 0.717) is 36.2 Å². The number of nitrogens with zero attached hydrogens (tertiary/aromatic N) is 3. The van der Waals surface area contributed by atoms with E-state index in [2.05, 4.69) is 31.9 Å². The maximum Gasteiger partial charge on any atom is 0.153 e. The Bertz CT molecular complexity index is 869. The number of aryl methyl sites for hydroxylation is 1. The largest absolute Gasteiger partial charge is 0.492 e. The van der Waals surface area contributed by atoms with Gasteiger partial charge in [0.05, 0.1) is 12.1 Å². The van der Waals surface area contributed by atoms with Gasteiger partial charge < -0.3 is 15.4 Å². The smallest absolute Gasteiger partial charge is 0.153 e. The minimum Gasteiger partial charge on any atom is -0.492 e. The number of H-pyrrole nitrogens is 1. The molecule has 0 aliphatic heterocycles. The molecular weight excluding hydrogens is 316 g/mol. The lowest BCUT2D eigenvalue weighted by Crippen LogP contribution is -2.13. The van der Waals surface area contributed by atoms with E-state index in [4.69, 9.17) is 4.74 Å². The molecule has 7 nitrogen and oxygen atoms in total. The number of aromatic nitrogens is 3. The van der Waals surface area contributed by atoms with Gasteiger partial charge in [0.1, 0.15) is 30.1 Å². The molecule has 7 heteroatoms. The number of nitriles is 1. The molecule has 0 aliphatic carbocycles. The number of para-hydroxylation sites is 1. The topological polar surface area (TPSA) is 98.7 Å². The van der Waals surface area contributed by atoms with Crippen molar-refractivity contribution in [2.45, 2.75) is 6.92 Å². The Morgan fingerprint density at radius 1 is 1.16 bits per heavy atom. The SMILES string of the molecule is Cc1cc(Nc2ccc(C#N)c(NCCOc3ccccc3)n2)n[nH]1. The fourth-order valence-electron chi connectivity index (χ4n) is 2.22. The average molecular weight is 334 g/mol. The van der Waals surface area contributed by atoms with Crippen LogP contribution >= 0.6 is 0 Å². The molecule has 3 aromatic rings. The number of ether oxygens (including phenoxy) is 1. The summed E-state index contributed by atoms with van der Waals surface area (Å²) in [5, 5.41) is 22.4. The second-order valence-corrected chi connectivity index (χ2v) is 5.35. The van der Waals surface area contributed by atoms with Crippen LogP contribution in [-0.2, 0) is 0 Å². The first-order valence-electron chi connectivity index (χ1n) is 7.86. The van der Waals surface area contributed by atoms with Gasteiger partial charge in [-0.05, 0) is 31.2 Å². The molecule has 1 aromatic carbocycles. The fourth-order valence-corrected chi connectivity index (χ4v) is 2.22. The monoisotopic (exact) mass is 334 g/mol. The molecule has 0 amide bonds. The third kappa shape index (κ3) is 4.48. The molecule has 0 spiro atoms. The lowest BCUT2D eigenvalue weighted by molar-refractivity contribution is 0.333. The van der Waals surface area contributed by atoms with Crippen LogP contribution in [0.5, 0.6) is 5.75 Å². The Morgan fingerprint density at radius 2 is 2.00 bits per heavy atom. The maximum absolute atomic E-state index is 9.24. The molecular formula is C18H18N6O. The highest BCUT2D eigenvalue weighted by molar-refractivity contribution is 5.60. The van der Waals surface area contributed by atoms with Crippen LogP contribution in [0.2, 0.25) is 0 Å². The molecule has 2 aromatic heterocycles. The summed E-state index contributed by atoms with van der Waals surface area (Å²) < 4.78 is 5.63. The molecule has 25 heavy (non-hydrogen) atoms. The van der Waals surface area contributed by atoms with Gasteiger partial charge in [0.15, 0.2) is 5.82 Å². The Kier molecular flexibility index (Phi) is 5.12. The van der Waals surface area contributed by atoms with Gasteiger partial charge in [-0.15, -0.1) is 0 Å². The van der Waals surface area contributed by atoms with Gasteiger partial charge in [-0.2, -0.15) is 10.4 Å². The van der Waals surface area contributed by atoms with Gasteiger partial charge in [0.2, 0.25) is 0 Å². The van der Waals surface area contributed by atoms with Gasteiger partial charge in [0.25, 0.3) is 0 Å². The summed E-state index contributed by atoms with van der Waals surface area (Å²) in [4.78, 5) is 4.44. The lowest BCUT2D eigenvalue weighted by Gasteiger charge is -2.10. The van der Waals surface area contributed by atoms with Gasteiger partial charge in [0, 0.05) is 11.8 Å². The van der Waals surface area contributed by atoms with E-state index in [1.165, 1.54) is 0 Å². The van der Waals surface area contributed by atoms with Crippen molar-refractivity contribution >= 4 is 17.5 Å². The van der Waals surface area contributed by atoms with Gasteiger partial charge in [-0.25, -0.2) is 4.98 Å². The van der Waals surface area contributed by atoms with Crippen LogP contribution in [0, 0.1) is 18.3 Å². The molecule has 3 rings (SSSR count). The standard InChI is InChI=1S/C18H18N6O/c1-13-11-17(24-23-13)21-16-8-7-14(12-19)18(22-16)20-9-10-25-15-5-3-2-4-6-15/h2-8,11H,9-10H2,1H3,(H3,20,21,22,23,24). The summed E-state index contributed by atoms with van der Waals surface area (Å²) in [5.74, 6) is 2.60. The normalized spacial score (nSPS) is 10.1. The van der Waals surface area contributed by atoms with Crippen LogP contribution in [0.25, 0.3) is 0 Å². The summed E-state index contributed by atoms with van der Waals surface area (Å²) >= 11 is 0. The lowest BCUT2D eigenvalue weighted by atomic mass is 10.2. The second kappa shape index (κ2) is 7.84. The zero-order valence-electron chi connectivity index (χ0n) is 13.8. The first-order chi connectivity index (χ1) is 12.2. The molecule has 0 radical (unpaired) electrons. The minimum absolute atomic E-state index is 0.465. The van der Waals surface area contributed by atoms with Gasteiger partial charge in [-0.3, -0.25) is 5.10 Å². The average Bonchev–Trinajstić information content (AvgIpc) is 3.04. The highest BCUT2D eigenvalue weighted by Crippen LogP contribution is 2.18. The summed E-state index contributed by atoms with van der Waals surface area (Å²) in [6.45, 7) is 2.92. The van der Waals surface area contributed by atoms with Crippen molar-refractivity contribution in [3.05, 3.63) is 59.8 Å². The Labute approximate surface area is 145 Å². The third-order valence-corrected chi connectivity index (χ3v) is 3.38. The summed E-state index contributed by atoms with van der Waals surface area (Å²) in [5.41, 5.74) is 1.43. The summed E-state index contributed by atoms with van der Waals surface area (Å²) in [7, 11) is 0. The quantitative estimate of drug-likeness (QED) is 0.574. The van der Waals surface area contributed by atoms with Crippen molar-refractivity contribution in [2.24, 2.45) is 0 Å². The highest BCUT2D eigenvalue weighted by Gasteiger charge is 2.07. The van der Waals surface area contributed by atoms with E-state index >= 15 is 0 Å². The zero-order chi connectivity index (χ0) is 17.5. The first-order valence-corrected chi connectivity index (χ1v) is 7.86. The Hall–Kier alpha value is -3.53. The van der Waals surface area contributed by atoms with E-state index in [1.807, 2.05) is 43.3 Å². The van der Waals surface area contributed by atoms with Crippen molar-refractivity contribution in [2.75, 3.05) is 23.8 Å². The number of nitrogens with one attached hydrogen (secondary N) is 3. The summed E-state index contributed by atoms with van der Waals surface area (Å²) in [6, 6.07) is 17.0. The minimum atomic E-state index is 0.465. The number of rotatable bonds is 7. The van der Waals surface area contributed by atoms with E-state index in [1.54, 1.807) is 12.1 Å². The third-order valence-electron chi connectivity index (χ3n) is 3.38. The molecule has 0 bridgehead atoms. The number of aromatic amines is 1. The molecule has 0 saturated carbocycles. The molecule has 2 heterocycles. The van der Waals surface area contributed by atoms with E-state index in [0.717, 1.165) is 11.4 Å². The number of hydrogen-bond donors (Lipinski definition) is 3. The highest BCUT2D eigenvalue weighted by atomic mass is 16.5. The van der Waals surface area contributed by atoms with Crippen LogP contribution in [0.4, 0.5) is 17.5 Å². The number of anilines is 3. The zero-order valence-corrected chi connectivity index (χ0v) is 13.8. The second-order valence-electron chi connectivity index (χ2n) is 5.35. The van der Waals surface area contributed by atoms with Gasteiger partial charge >= 0.3 is 0 Å². The number of hydrogen-bond acceptors (Lipinski definition) is 6.